The zero-order valence-electron chi connectivity index (χ0n) is 14.1. The van der Waals surface area contributed by atoms with Crippen LogP contribution in [0.4, 0.5) is 5.13 Å². The number of thiazole rings is 1. The highest BCUT2D eigenvalue weighted by Gasteiger charge is 2.24. The minimum atomic E-state index is 0.144. The average molecular weight is 345 g/mol. The Bertz CT molecular complexity index is 667. The Morgan fingerprint density at radius 2 is 2.04 bits per heavy atom. The van der Waals surface area contributed by atoms with E-state index < -0.39 is 0 Å². The SMILES string of the molecule is COc1ccccc1C(C)CC(=O)N1CCN(c2nccs2)CC1. The largest absolute Gasteiger partial charge is 0.496 e. The van der Waals surface area contributed by atoms with Gasteiger partial charge in [0.15, 0.2) is 5.13 Å². The predicted molar refractivity (Wildman–Crippen MR) is 96.9 cm³/mol. The molecule has 0 spiro atoms. The average Bonchev–Trinajstić information content (AvgIpc) is 3.16. The van der Waals surface area contributed by atoms with Crippen molar-refractivity contribution in [1.29, 1.82) is 0 Å². The number of hydrogen-bond donors (Lipinski definition) is 0. The number of carbonyl (C=O) groups excluding carboxylic acids is 1. The van der Waals surface area contributed by atoms with Gasteiger partial charge in [-0.05, 0) is 17.5 Å². The molecule has 1 fully saturated rings. The van der Waals surface area contributed by atoms with Gasteiger partial charge in [0, 0.05) is 44.2 Å². The third-order valence-corrected chi connectivity index (χ3v) is 5.31. The van der Waals surface area contributed by atoms with E-state index in [0.29, 0.717) is 6.42 Å². The summed E-state index contributed by atoms with van der Waals surface area (Å²) in [6, 6.07) is 7.93. The third kappa shape index (κ3) is 3.70. The molecule has 0 N–H and O–H groups in total. The molecule has 0 aliphatic carbocycles. The van der Waals surface area contributed by atoms with Crippen molar-refractivity contribution >= 4 is 22.4 Å². The molecule has 0 radical (unpaired) electrons. The van der Waals surface area contributed by atoms with Gasteiger partial charge in [0.05, 0.1) is 7.11 Å². The fourth-order valence-electron chi connectivity index (χ4n) is 3.09. The number of carbonyl (C=O) groups is 1. The summed E-state index contributed by atoms with van der Waals surface area (Å²) >= 11 is 1.65. The molecule has 6 heteroatoms. The molecule has 2 aromatic rings. The fraction of sp³-hybridized carbons (Fsp3) is 0.444. The number of nitrogens with zero attached hydrogens (tertiary/aromatic N) is 3. The molecule has 3 rings (SSSR count). The number of ether oxygens (including phenoxy) is 1. The smallest absolute Gasteiger partial charge is 0.223 e. The van der Waals surface area contributed by atoms with Crippen LogP contribution in [0.3, 0.4) is 0 Å². The minimum absolute atomic E-state index is 0.144. The van der Waals surface area contributed by atoms with Crippen molar-refractivity contribution in [3.05, 3.63) is 41.4 Å². The summed E-state index contributed by atoms with van der Waals surface area (Å²) in [5.41, 5.74) is 1.09. The number of amides is 1. The molecule has 24 heavy (non-hydrogen) atoms. The Morgan fingerprint density at radius 1 is 1.29 bits per heavy atom. The lowest BCUT2D eigenvalue weighted by Gasteiger charge is -2.35. The van der Waals surface area contributed by atoms with Crippen LogP contribution in [0.25, 0.3) is 0 Å². The second-order valence-electron chi connectivity index (χ2n) is 6.03. The van der Waals surface area contributed by atoms with Gasteiger partial charge >= 0.3 is 0 Å². The van der Waals surface area contributed by atoms with E-state index in [4.69, 9.17) is 4.74 Å². The molecule has 1 unspecified atom stereocenters. The lowest BCUT2D eigenvalue weighted by Crippen LogP contribution is -2.49. The van der Waals surface area contributed by atoms with E-state index in [1.54, 1.807) is 18.4 Å². The monoisotopic (exact) mass is 345 g/mol. The second kappa shape index (κ2) is 7.66. The van der Waals surface area contributed by atoms with Crippen LogP contribution in [-0.4, -0.2) is 49.1 Å². The molecule has 1 amide bonds. The topological polar surface area (TPSA) is 45.7 Å². The van der Waals surface area contributed by atoms with Crippen molar-refractivity contribution in [2.75, 3.05) is 38.2 Å². The lowest BCUT2D eigenvalue weighted by molar-refractivity contribution is -0.131. The number of piperazine rings is 1. The summed E-state index contributed by atoms with van der Waals surface area (Å²) < 4.78 is 5.41. The zero-order chi connectivity index (χ0) is 16.9. The Hall–Kier alpha value is -2.08. The van der Waals surface area contributed by atoms with Gasteiger partial charge in [-0.15, -0.1) is 11.3 Å². The van der Waals surface area contributed by atoms with Crippen LogP contribution in [-0.2, 0) is 4.79 Å². The van der Waals surface area contributed by atoms with Crippen molar-refractivity contribution in [2.45, 2.75) is 19.3 Å². The van der Waals surface area contributed by atoms with Gasteiger partial charge in [-0.3, -0.25) is 4.79 Å². The first-order valence-corrected chi connectivity index (χ1v) is 9.12. The highest BCUT2D eigenvalue weighted by atomic mass is 32.1. The molecule has 1 aromatic carbocycles. The van der Waals surface area contributed by atoms with Crippen molar-refractivity contribution in [3.8, 4) is 5.75 Å². The third-order valence-electron chi connectivity index (χ3n) is 4.47. The molecular weight excluding hydrogens is 322 g/mol. The minimum Gasteiger partial charge on any atom is -0.496 e. The molecule has 1 aromatic heterocycles. The fourth-order valence-corrected chi connectivity index (χ4v) is 3.79. The normalized spacial score (nSPS) is 16.1. The van der Waals surface area contributed by atoms with Crippen molar-refractivity contribution in [3.63, 3.8) is 0 Å². The van der Waals surface area contributed by atoms with Gasteiger partial charge in [0.25, 0.3) is 0 Å². The first-order chi connectivity index (χ1) is 11.7. The molecule has 5 nitrogen and oxygen atoms in total. The van der Waals surface area contributed by atoms with E-state index in [1.165, 1.54) is 0 Å². The van der Waals surface area contributed by atoms with Crippen LogP contribution < -0.4 is 9.64 Å². The number of aromatic nitrogens is 1. The van der Waals surface area contributed by atoms with Gasteiger partial charge in [0.2, 0.25) is 5.91 Å². The quantitative estimate of drug-likeness (QED) is 0.836. The van der Waals surface area contributed by atoms with Crippen LogP contribution in [0.5, 0.6) is 5.75 Å². The van der Waals surface area contributed by atoms with Crippen molar-refractivity contribution in [2.24, 2.45) is 0 Å². The number of benzene rings is 1. The highest BCUT2D eigenvalue weighted by Crippen LogP contribution is 2.29. The molecule has 0 saturated carbocycles. The summed E-state index contributed by atoms with van der Waals surface area (Å²) in [4.78, 5) is 21.2. The first kappa shape index (κ1) is 16.8. The van der Waals surface area contributed by atoms with Crippen molar-refractivity contribution in [1.82, 2.24) is 9.88 Å². The molecule has 1 saturated heterocycles. The first-order valence-electron chi connectivity index (χ1n) is 8.24. The Kier molecular flexibility index (Phi) is 5.35. The molecule has 1 aliphatic heterocycles. The zero-order valence-corrected chi connectivity index (χ0v) is 15.0. The van der Waals surface area contributed by atoms with Crippen molar-refractivity contribution < 1.29 is 9.53 Å². The maximum Gasteiger partial charge on any atom is 0.223 e. The van der Waals surface area contributed by atoms with E-state index in [-0.39, 0.29) is 11.8 Å². The summed E-state index contributed by atoms with van der Waals surface area (Å²) in [6.45, 7) is 5.31. The Labute approximate surface area is 146 Å². The van der Waals surface area contributed by atoms with E-state index in [2.05, 4.69) is 16.8 Å². The van der Waals surface area contributed by atoms with Crippen LogP contribution >= 0.6 is 11.3 Å². The molecule has 1 aliphatic rings. The standard InChI is InChI=1S/C18H23N3O2S/c1-14(15-5-3-4-6-16(15)23-2)13-17(22)20-8-10-21(11-9-20)18-19-7-12-24-18/h3-7,12,14H,8-11,13H2,1-2H3. The van der Waals surface area contributed by atoms with Gasteiger partial charge in [0.1, 0.15) is 5.75 Å². The van der Waals surface area contributed by atoms with E-state index in [9.17, 15) is 4.79 Å². The van der Waals surface area contributed by atoms with Crippen LogP contribution in [0.15, 0.2) is 35.8 Å². The van der Waals surface area contributed by atoms with E-state index in [0.717, 1.165) is 42.6 Å². The number of hydrogen-bond acceptors (Lipinski definition) is 5. The molecule has 0 bridgehead atoms. The Balaban J connectivity index is 1.56. The van der Waals surface area contributed by atoms with Gasteiger partial charge in [-0.25, -0.2) is 4.98 Å². The van der Waals surface area contributed by atoms with Crippen LogP contribution in [0.2, 0.25) is 0 Å². The predicted octanol–water partition coefficient (Wildman–Crippen LogP) is 2.99. The van der Waals surface area contributed by atoms with Crippen LogP contribution in [0, 0.1) is 0 Å². The summed E-state index contributed by atoms with van der Waals surface area (Å²) in [6.07, 6.45) is 2.34. The summed E-state index contributed by atoms with van der Waals surface area (Å²) in [7, 11) is 1.67. The maximum atomic E-state index is 12.6. The molecule has 128 valence electrons. The van der Waals surface area contributed by atoms with Gasteiger partial charge < -0.3 is 14.5 Å². The molecule has 2 heterocycles. The van der Waals surface area contributed by atoms with E-state index >= 15 is 0 Å². The maximum absolute atomic E-state index is 12.6. The second-order valence-corrected chi connectivity index (χ2v) is 6.90. The molecular formula is C18H23N3O2S. The highest BCUT2D eigenvalue weighted by molar-refractivity contribution is 7.13. The summed E-state index contributed by atoms with van der Waals surface area (Å²) in [5, 5.41) is 3.03. The molecule has 1 atom stereocenters. The van der Waals surface area contributed by atoms with E-state index in [1.807, 2.05) is 40.7 Å². The van der Waals surface area contributed by atoms with Crippen LogP contribution in [0.1, 0.15) is 24.8 Å². The summed E-state index contributed by atoms with van der Waals surface area (Å²) in [5.74, 6) is 1.21. The lowest BCUT2D eigenvalue weighted by atomic mass is 9.96. The number of para-hydroxylation sites is 1. The van der Waals surface area contributed by atoms with Gasteiger partial charge in [-0.2, -0.15) is 0 Å². The Morgan fingerprint density at radius 3 is 2.71 bits per heavy atom. The number of anilines is 1. The number of rotatable bonds is 5. The van der Waals surface area contributed by atoms with Gasteiger partial charge in [-0.1, -0.05) is 25.1 Å². The number of methoxy groups -OCH3 is 1.